The summed E-state index contributed by atoms with van der Waals surface area (Å²) in [5.41, 5.74) is 3.84. The third-order valence-corrected chi connectivity index (χ3v) is 6.44. The second-order valence-electron chi connectivity index (χ2n) is 8.53. The van der Waals surface area contributed by atoms with Crippen LogP contribution in [-0.2, 0) is 24.4 Å². The van der Waals surface area contributed by atoms with Crippen LogP contribution in [0.3, 0.4) is 0 Å². The van der Waals surface area contributed by atoms with E-state index in [1.165, 1.54) is 0 Å². The van der Waals surface area contributed by atoms with Crippen LogP contribution in [0.1, 0.15) is 28.1 Å². The van der Waals surface area contributed by atoms with Crippen molar-refractivity contribution >= 4 is 17.5 Å². The maximum atomic E-state index is 12.8. The number of carbonyl (C=O) groups is 1. The van der Waals surface area contributed by atoms with Gasteiger partial charge in [0.15, 0.2) is 0 Å². The van der Waals surface area contributed by atoms with Crippen molar-refractivity contribution in [1.29, 1.82) is 0 Å². The molecule has 3 aromatic rings. The van der Waals surface area contributed by atoms with Gasteiger partial charge in [-0.1, -0.05) is 28.9 Å². The fourth-order valence-corrected chi connectivity index (χ4v) is 4.32. The monoisotopic (exact) mass is 483 g/mol. The van der Waals surface area contributed by atoms with Gasteiger partial charge in [0.1, 0.15) is 23.9 Å². The maximum Gasteiger partial charge on any atom is 0.227 e. The van der Waals surface area contributed by atoms with Gasteiger partial charge in [0, 0.05) is 43.3 Å². The second-order valence-corrected chi connectivity index (χ2v) is 8.96. The number of methoxy groups -OCH3 is 1. The zero-order chi connectivity index (χ0) is 24.1. The molecule has 0 bridgehead atoms. The van der Waals surface area contributed by atoms with Gasteiger partial charge in [0.2, 0.25) is 5.91 Å². The fourth-order valence-electron chi connectivity index (χ4n) is 4.12. The molecule has 1 amide bonds. The van der Waals surface area contributed by atoms with Crippen LogP contribution in [0.4, 0.5) is 0 Å². The second kappa shape index (κ2) is 10.9. The Kier molecular flexibility index (Phi) is 7.75. The molecule has 0 spiro atoms. The Morgan fingerprint density at radius 3 is 2.47 bits per heavy atom. The lowest BCUT2D eigenvalue weighted by Gasteiger charge is -2.35. The predicted molar refractivity (Wildman–Crippen MR) is 130 cm³/mol. The molecule has 0 unspecified atom stereocenters. The molecule has 0 aliphatic carbocycles. The van der Waals surface area contributed by atoms with E-state index in [2.05, 4.69) is 10.1 Å². The molecule has 1 saturated heterocycles. The molecule has 2 aromatic carbocycles. The first-order chi connectivity index (χ1) is 16.4. The van der Waals surface area contributed by atoms with E-state index in [-0.39, 0.29) is 5.91 Å². The number of ether oxygens (including phenoxy) is 2. The standard InChI is InChI=1S/C26H30ClN3O4/c1-18-24(19(2)34-28-18)17-33-23-7-4-20(5-8-23)14-26(31)30-12-10-29(11-13-30)16-21-15-22(27)6-9-25(21)32-3/h4-9,15H,10-14,16-17H2,1-3H3. The normalized spacial score (nSPS) is 14.3. The minimum absolute atomic E-state index is 0.143. The highest BCUT2D eigenvalue weighted by atomic mass is 35.5. The molecule has 1 aromatic heterocycles. The summed E-state index contributed by atoms with van der Waals surface area (Å²) in [5, 5.41) is 4.64. The van der Waals surface area contributed by atoms with Gasteiger partial charge in [0.05, 0.1) is 24.8 Å². The molecule has 0 saturated carbocycles. The van der Waals surface area contributed by atoms with Crippen LogP contribution in [0.5, 0.6) is 11.5 Å². The highest BCUT2D eigenvalue weighted by Crippen LogP contribution is 2.25. The van der Waals surface area contributed by atoms with E-state index in [0.717, 1.165) is 59.3 Å². The Balaban J connectivity index is 1.25. The van der Waals surface area contributed by atoms with E-state index in [4.69, 9.17) is 25.6 Å². The van der Waals surface area contributed by atoms with Crippen LogP contribution in [0, 0.1) is 13.8 Å². The van der Waals surface area contributed by atoms with Crippen LogP contribution in [0.2, 0.25) is 5.02 Å². The van der Waals surface area contributed by atoms with Gasteiger partial charge in [-0.15, -0.1) is 0 Å². The zero-order valence-electron chi connectivity index (χ0n) is 19.8. The summed E-state index contributed by atoms with van der Waals surface area (Å²) in [5.74, 6) is 2.50. The molecule has 1 aliphatic heterocycles. The van der Waals surface area contributed by atoms with E-state index in [1.807, 2.05) is 61.2 Å². The first kappa shape index (κ1) is 24.1. The van der Waals surface area contributed by atoms with Gasteiger partial charge in [0.25, 0.3) is 0 Å². The molecule has 1 fully saturated rings. The number of aryl methyl sites for hydroxylation is 2. The van der Waals surface area contributed by atoms with Gasteiger partial charge in [-0.05, 0) is 49.7 Å². The Morgan fingerprint density at radius 2 is 1.82 bits per heavy atom. The van der Waals surface area contributed by atoms with E-state index >= 15 is 0 Å². The van der Waals surface area contributed by atoms with Gasteiger partial charge in [-0.3, -0.25) is 9.69 Å². The highest BCUT2D eigenvalue weighted by molar-refractivity contribution is 6.30. The number of carbonyl (C=O) groups excluding carboxylic acids is 1. The van der Waals surface area contributed by atoms with Crippen molar-refractivity contribution in [2.24, 2.45) is 0 Å². The number of piperazine rings is 1. The largest absolute Gasteiger partial charge is 0.496 e. The van der Waals surface area contributed by atoms with Crippen LogP contribution < -0.4 is 9.47 Å². The van der Waals surface area contributed by atoms with Crippen molar-refractivity contribution in [3.63, 3.8) is 0 Å². The average Bonchev–Trinajstić information content (AvgIpc) is 3.16. The van der Waals surface area contributed by atoms with Gasteiger partial charge in [-0.25, -0.2) is 0 Å². The number of rotatable bonds is 8. The topological polar surface area (TPSA) is 68.0 Å². The minimum atomic E-state index is 0.143. The number of hydrogen-bond acceptors (Lipinski definition) is 6. The molecule has 2 heterocycles. The van der Waals surface area contributed by atoms with Crippen molar-refractivity contribution in [3.8, 4) is 11.5 Å². The lowest BCUT2D eigenvalue weighted by molar-refractivity contribution is -0.132. The van der Waals surface area contributed by atoms with Gasteiger partial charge in [-0.2, -0.15) is 0 Å². The SMILES string of the molecule is COc1ccc(Cl)cc1CN1CCN(C(=O)Cc2ccc(OCc3c(C)noc3C)cc2)CC1. The Morgan fingerprint density at radius 1 is 1.09 bits per heavy atom. The molecule has 0 radical (unpaired) electrons. The number of hydrogen-bond donors (Lipinski definition) is 0. The predicted octanol–water partition coefficient (Wildman–Crippen LogP) is 4.42. The molecule has 4 rings (SSSR count). The highest BCUT2D eigenvalue weighted by Gasteiger charge is 2.22. The summed E-state index contributed by atoms with van der Waals surface area (Å²) in [6.45, 7) is 7.98. The van der Waals surface area contributed by atoms with Crippen molar-refractivity contribution in [2.75, 3.05) is 33.3 Å². The molecule has 180 valence electrons. The number of benzene rings is 2. The molecule has 34 heavy (non-hydrogen) atoms. The summed E-state index contributed by atoms with van der Waals surface area (Å²) in [6, 6.07) is 13.4. The number of halogens is 1. The lowest BCUT2D eigenvalue weighted by Crippen LogP contribution is -2.48. The minimum Gasteiger partial charge on any atom is -0.496 e. The molecular weight excluding hydrogens is 454 g/mol. The average molecular weight is 484 g/mol. The number of amides is 1. The van der Waals surface area contributed by atoms with Crippen LogP contribution in [0.25, 0.3) is 0 Å². The molecule has 8 heteroatoms. The summed E-state index contributed by atoms with van der Waals surface area (Å²) >= 11 is 6.16. The summed E-state index contributed by atoms with van der Waals surface area (Å²) < 4.78 is 16.5. The van der Waals surface area contributed by atoms with Crippen molar-refractivity contribution in [3.05, 3.63) is 75.6 Å². The fraction of sp³-hybridized carbons (Fsp3) is 0.385. The summed E-state index contributed by atoms with van der Waals surface area (Å²) in [6.07, 6.45) is 0.381. The Hall–Kier alpha value is -3.03. The van der Waals surface area contributed by atoms with Crippen LogP contribution >= 0.6 is 11.6 Å². The smallest absolute Gasteiger partial charge is 0.227 e. The van der Waals surface area contributed by atoms with Gasteiger partial charge >= 0.3 is 0 Å². The van der Waals surface area contributed by atoms with Crippen LogP contribution in [0.15, 0.2) is 47.0 Å². The first-order valence-corrected chi connectivity index (χ1v) is 11.8. The van der Waals surface area contributed by atoms with Crippen LogP contribution in [-0.4, -0.2) is 54.2 Å². The van der Waals surface area contributed by atoms with Crippen molar-refractivity contribution in [1.82, 2.24) is 15.0 Å². The van der Waals surface area contributed by atoms with E-state index in [1.54, 1.807) is 7.11 Å². The number of nitrogens with zero attached hydrogens (tertiary/aromatic N) is 3. The summed E-state index contributed by atoms with van der Waals surface area (Å²) in [4.78, 5) is 17.1. The van der Waals surface area contributed by atoms with Crippen molar-refractivity contribution < 1.29 is 18.8 Å². The molecular formula is C26H30ClN3O4. The van der Waals surface area contributed by atoms with Crippen molar-refractivity contribution in [2.45, 2.75) is 33.4 Å². The molecule has 0 N–H and O–H groups in total. The Labute approximate surface area is 205 Å². The van der Waals surface area contributed by atoms with E-state index in [0.29, 0.717) is 31.1 Å². The zero-order valence-corrected chi connectivity index (χ0v) is 20.6. The maximum absolute atomic E-state index is 12.8. The number of aromatic nitrogens is 1. The molecule has 0 atom stereocenters. The molecule has 7 nitrogen and oxygen atoms in total. The van der Waals surface area contributed by atoms with E-state index in [9.17, 15) is 4.79 Å². The third kappa shape index (κ3) is 5.90. The summed E-state index contributed by atoms with van der Waals surface area (Å²) in [7, 11) is 1.67. The lowest BCUT2D eigenvalue weighted by atomic mass is 10.1. The third-order valence-electron chi connectivity index (χ3n) is 6.20. The molecule has 1 aliphatic rings. The quantitative estimate of drug-likeness (QED) is 0.472. The Bertz CT molecular complexity index is 1100. The van der Waals surface area contributed by atoms with E-state index < -0.39 is 0 Å². The first-order valence-electron chi connectivity index (χ1n) is 11.4. The van der Waals surface area contributed by atoms with Gasteiger partial charge < -0.3 is 18.9 Å².